The van der Waals surface area contributed by atoms with Gasteiger partial charge in [-0.05, 0) is 26.2 Å². The fraction of sp³-hybridized carbons (Fsp3) is 0.857. The molecule has 0 aromatic rings. The second-order valence-electron chi connectivity index (χ2n) is 2.83. The number of Topliss-reactive ketones (excluding diaryl/α,β-unsaturated/α-hetero) is 1. The maximum absolute atomic E-state index is 12.9. The van der Waals surface area contributed by atoms with Crippen molar-refractivity contribution < 1.29 is 9.18 Å². The minimum Gasteiger partial charge on any atom is -0.296 e. The van der Waals surface area contributed by atoms with E-state index in [0.717, 1.165) is 12.8 Å². The van der Waals surface area contributed by atoms with Gasteiger partial charge in [-0.1, -0.05) is 0 Å². The van der Waals surface area contributed by atoms with Crippen LogP contribution in [-0.2, 0) is 4.79 Å². The predicted molar refractivity (Wildman–Crippen MR) is 33.0 cm³/mol. The molecule has 1 nitrogen and oxygen atoms in total. The lowest BCUT2D eigenvalue weighted by Crippen LogP contribution is -2.32. The van der Waals surface area contributed by atoms with Gasteiger partial charge in [0, 0.05) is 6.42 Å². The van der Waals surface area contributed by atoms with Crippen molar-refractivity contribution in [2.45, 2.75) is 38.3 Å². The molecule has 0 amide bonds. The Morgan fingerprint density at radius 1 is 1.56 bits per heavy atom. The van der Waals surface area contributed by atoms with Gasteiger partial charge in [-0.25, -0.2) is 4.39 Å². The van der Waals surface area contributed by atoms with Gasteiger partial charge in [0.2, 0.25) is 0 Å². The third-order valence-electron chi connectivity index (χ3n) is 1.88. The Morgan fingerprint density at radius 3 is 2.56 bits per heavy atom. The molecule has 0 aliphatic heterocycles. The Balaban J connectivity index is 2.60. The van der Waals surface area contributed by atoms with Gasteiger partial charge in [0.15, 0.2) is 11.5 Å². The van der Waals surface area contributed by atoms with E-state index in [-0.39, 0.29) is 5.78 Å². The number of ketones is 1. The molecule has 0 bridgehead atoms. The Morgan fingerprint density at radius 2 is 2.22 bits per heavy atom. The molecule has 1 aliphatic rings. The first-order valence-electron chi connectivity index (χ1n) is 3.35. The summed E-state index contributed by atoms with van der Waals surface area (Å²) in [5.41, 5.74) is -1.50. The molecule has 0 saturated heterocycles. The maximum Gasteiger partial charge on any atom is 0.169 e. The molecular weight excluding hydrogens is 119 g/mol. The molecule has 1 atom stereocenters. The van der Waals surface area contributed by atoms with Crippen LogP contribution in [0.2, 0.25) is 0 Å². The fourth-order valence-electron chi connectivity index (χ4n) is 1.14. The first-order valence-corrected chi connectivity index (χ1v) is 3.35. The molecule has 2 heteroatoms. The molecule has 1 fully saturated rings. The van der Waals surface area contributed by atoms with E-state index in [1.165, 1.54) is 6.92 Å². The summed E-state index contributed by atoms with van der Waals surface area (Å²) in [6.45, 7) is 1.38. The standard InChI is InChI=1S/C7H11FO/c1-7(8)5-3-2-4-6(7)9/h2-5H2,1H3. The summed E-state index contributed by atoms with van der Waals surface area (Å²) in [5, 5.41) is 0. The van der Waals surface area contributed by atoms with Gasteiger partial charge in [0.25, 0.3) is 0 Å². The summed E-state index contributed by atoms with van der Waals surface area (Å²) in [7, 11) is 0. The zero-order valence-corrected chi connectivity index (χ0v) is 5.61. The largest absolute Gasteiger partial charge is 0.296 e. The van der Waals surface area contributed by atoms with Gasteiger partial charge in [0.1, 0.15) is 0 Å². The lowest BCUT2D eigenvalue weighted by Gasteiger charge is -2.22. The van der Waals surface area contributed by atoms with Crippen LogP contribution in [-0.4, -0.2) is 11.5 Å². The lowest BCUT2D eigenvalue weighted by atomic mass is 9.87. The Labute approximate surface area is 54.3 Å². The Hall–Kier alpha value is -0.400. The molecular formula is C7H11FO. The van der Waals surface area contributed by atoms with E-state index >= 15 is 0 Å². The highest BCUT2D eigenvalue weighted by Gasteiger charge is 2.34. The van der Waals surface area contributed by atoms with Crippen LogP contribution in [0.4, 0.5) is 4.39 Å². The summed E-state index contributed by atoms with van der Waals surface area (Å²) in [6.07, 6.45) is 2.59. The molecule has 1 unspecified atom stereocenters. The molecule has 0 aromatic carbocycles. The maximum atomic E-state index is 12.9. The summed E-state index contributed by atoms with van der Waals surface area (Å²) < 4.78 is 12.9. The van der Waals surface area contributed by atoms with Crippen LogP contribution in [0.1, 0.15) is 32.6 Å². The number of carbonyl (C=O) groups excluding carboxylic acids is 1. The minimum absolute atomic E-state index is 0.214. The zero-order valence-electron chi connectivity index (χ0n) is 5.61. The van der Waals surface area contributed by atoms with Crippen LogP contribution in [0, 0.1) is 0 Å². The van der Waals surface area contributed by atoms with Gasteiger partial charge in [-0.3, -0.25) is 4.79 Å². The van der Waals surface area contributed by atoms with Crippen molar-refractivity contribution in [2.75, 3.05) is 0 Å². The van der Waals surface area contributed by atoms with E-state index in [1.54, 1.807) is 0 Å². The molecule has 0 aromatic heterocycles. The highest BCUT2D eigenvalue weighted by atomic mass is 19.1. The van der Waals surface area contributed by atoms with Gasteiger partial charge < -0.3 is 0 Å². The van der Waals surface area contributed by atoms with Crippen LogP contribution in [0.3, 0.4) is 0 Å². The average Bonchev–Trinajstić information content (AvgIpc) is 1.77. The predicted octanol–water partition coefficient (Wildman–Crippen LogP) is 1.86. The molecule has 0 spiro atoms. The molecule has 1 rings (SSSR count). The van der Waals surface area contributed by atoms with Crippen molar-refractivity contribution in [2.24, 2.45) is 0 Å². The van der Waals surface area contributed by atoms with Gasteiger partial charge in [-0.15, -0.1) is 0 Å². The third-order valence-corrected chi connectivity index (χ3v) is 1.88. The molecule has 1 saturated carbocycles. The van der Waals surface area contributed by atoms with E-state index in [0.29, 0.717) is 12.8 Å². The van der Waals surface area contributed by atoms with E-state index < -0.39 is 5.67 Å². The van der Waals surface area contributed by atoms with Crippen molar-refractivity contribution in [3.05, 3.63) is 0 Å². The van der Waals surface area contributed by atoms with Crippen molar-refractivity contribution in [3.8, 4) is 0 Å². The van der Waals surface area contributed by atoms with Crippen LogP contribution in [0.15, 0.2) is 0 Å². The second-order valence-corrected chi connectivity index (χ2v) is 2.83. The van der Waals surface area contributed by atoms with Crippen LogP contribution in [0.5, 0.6) is 0 Å². The van der Waals surface area contributed by atoms with Crippen molar-refractivity contribution in [1.29, 1.82) is 0 Å². The number of carbonyl (C=O) groups is 1. The van der Waals surface area contributed by atoms with Gasteiger partial charge >= 0.3 is 0 Å². The topological polar surface area (TPSA) is 17.1 Å². The number of alkyl halides is 1. The number of hydrogen-bond acceptors (Lipinski definition) is 1. The Bertz CT molecular complexity index is 129. The molecule has 1 aliphatic carbocycles. The van der Waals surface area contributed by atoms with E-state index in [9.17, 15) is 9.18 Å². The number of halogens is 1. The monoisotopic (exact) mass is 130 g/mol. The van der Waals surface area contributed by atoms with E-state index in [2.05, 4.69) is 0 Å². The molecule has 0 radical (unpaired) electrons. The smallest absolute Gasteiger partial charge is 0.169 e. The molecule has 9 heavy (non-hydrogen) atoms. The highest BCUT2D eigenvalue weighted by molar-refractivity contribution is 5.87. The molecule has 0 heterocycles. The third kappa shape index (κ3) is 1.29. The summed E-state index contributed by atoms with van der Waals surface area (Å²) in [5.74, 6) is -0.214. The number of rotatable bonds is 0. The SMILES string of the molecule is CC1(F)CCCCC1=O. The molecule has 0 N–H and O–H groups in total. The molecule has 52 valence electrons. The second kappa shape index (κ2) is 2.09. The first kappa shape index (κ1) is 6.72. The minimum atomic E-state index is -1.50. The van der Waals surface area contributed by atoms with Crippen molar-refractivity contribution in [3.63, 3.8) is 0 Å². The van der Waals surface area contributed by atoms with Crippen molar-refractivity contribution in [1.82, 2.24) is 0 Å². The van der Waals surface area contributed by atoms with Crippen LogP contribution >= 0.6 is 0 Å². The normalized spacial score (nSPS) is 36.9. The van der Waals surface area contributed by atoms with Gasteiger partial charge in [0.05, 0.1) is 0 Å². The van der Waals surface area contributed by atoms with Crippen LogP contribution in [0.25, 0.3) is 0 Å². The quantitative estimate of drug-likeness (QED) is 0.489. The van der Waals surface area contributed by atoms with Crippen LogP contribution < -0.4 is 0 Å². The summed E-state index contributed by atoms with van der Waals surface area (Å²) >= 11 is 0. The fourth-order valence-corrected chi connectivity index (χ4v) is 1.14. The summed E-state index contributed by atoms with van der Waals surface area (Å²) in [6, 6.07) is 0. The van der Waals surface area contributed by atoms with E-state index in [1.807, 2.05) is 0 Å². The summed E-state index contributed by atoms with van der Waals surface area (Å²) in [4.78, 5) is 10.7. The highest BCUT2D eigenvalue weighted by Crippen LogP contribution is 2.27. The van der Waals surface area contributed by atoms with Crippen molar-refractivity contribution >= 4 is 5.78 Å². The average molecular weight is 130 g/mol. The zero-order chi connectivity index (χ0) is 6.91. The Kier molecular flexibility index (Phi) is 1.56. The van der Waals surface area contributed by atoms with Gasteiger partial charge in [-0.2, -0.15) is 0 Å². The first-order chi connectivity index (χ1) is 4.13. The lowest BCUT2D eigenvalue weighted by molar-refractivity contribution is -0.132. The van der Waals surface area contributed by atoms with E-state index in [4.69, 9.17) is 0 Å². The number of hydrogen-bond donors (Lipinski definition) is 0.